The Hall–Kier alpha value is -3.37. The van der Waals surface area contributed by atoms with Gasteiger partial charge >= 0.3 is 0 Å². The highest BCUT2D eigenvalue weighted by Gasteiger charge is 2.32. The minimum absolute atomic E-state index is 0.133. The van der Waals surface area contributed by atoms with Gasteiger partial charge in [-0.15, -0.1) is 0 Å². The summed E-state index contributed by atoms with van der Waals surface area (Å²) in [6.07, 6.45) is 9.31. The van der Waals surface area contributed by atoms with Gasteiger partial charge in [-0.3, -0.25) is 9.78 Å². The first kappa shape index (κ1) is 20.5. The average Bonchev–Trinajstić information content (AvgIpc) is 3.68. The largest absolute Gasteiger partial charge is 0.384 e. The van der Waals surface area contributed by atoms with Crippen LogP contribution < -0.4 is 5.32 Å². The molecule has 1 saturated carbocycles. The highest BCUT2D eigenvalue weighted by atomic mass is 16.1. The quantitative estimate of drug-likeness (QED) is 0.597. The lowest BCUT2D eigenvalue weighted by molar-refractivity contribution is 0.0968. The number of carbonyl (C=O) groups is 1. The number of Topliss-reactive ketones (excluding diaryl/α,β-unsaturated/α-hetero) is 1. The second-order valence-electron chi connectivity index (χ2n) is 8.95. The first-order valence-corrected chi connectivity index (χ1v) is 11.2. The molecule has 0 spiro atoms. The van der Waals surface area contributed by atoms with Crippen LogP contribution in [0.1, 0.15) is 41.9 Å². The number of hydrogen-bond acceptors (Lipinski definition) is 7. The van der Waals surface area contributed by atoms with Gasteiger partial charge in [-0.25, -0.2) is 9.97 Å². The molecule has 0 bridgehead atoms. The van der Waals surface area contributed by atoms with Crippen molar-refractivity contribution in [2.45, 2.75) is 25.7 Å². The van der Waals surface area contributed by atoms with E-state index in [4.69, 9.17) is 5.26 Å². The molecule has 1 aromatic carbocycles. The Labute approximate surface area is 187 Å². The number of likely N-dealkylation sites (tertiary alicyclic amines) is 1. The highest BCUT2D eigenvalue weighted by molar-refractivity contribution is 6.10. The molecule has 0 radical (unpaired) electrons. The molecule has 0 amide bonds. The fraction of sp³-hybridized carbons (Fsp3) is 0.400. The van der Waals surface area contributed by atoms with E-state index in [1.54, 1.807) is 18.6 Å². The summed E-state index contributed by atoms with van der Waals surface area (Å²) < 4.78 is 0. The Kier molecular flexibility index (Phi) is 5.54. The Morgan fingerprint density at radius 1 is 1.09 bits per heavy atom. The van der Waals surface area contributed by atoms with Gasteiger partial charge in [-0.1, -0.05) is 6.07 Å². The van der Waals surface area contributed by atoms with E-state index < -0.39 is 0 Å². The van der Waals surface area contributed by atoms with Crippen LogP contribution in [-0.2, 0) is 0 Å². The van der Waals surface area contributed by atoms with Crippen LogP contribution in [-0.4, -0.2) is 52.3 Å². The summed E-state index contributed by atoms with van der Waals surface area (Å²) in [5.74, 6) is 1.06. The van der Waals surface area contributed by atoms with Crippen molar-refractivity contribution in [2.24, 2.45) is 11.8 Å². The van der Waals surface area contributed by atoms with Gasteiger partial charge < -0.3 is 10.2 Å². The molecule has 162 valence electrons. The molecule has 0 atom stereocenters. The van der Waals surface area contributed by atoms with Gasteiger partial charge in [0.25, 0.3) is 0 Å². The fourth-order valence-corrected chi connectivity index (χ4v) is 4.36. The third-order valence-corrected chi connectivity index (χ3v) is 6.57. The SMILES string of the molecule is CN1CCC(CNc2c(C(=O)C3CC3)cnc3ccc(-c4cnc(C#N)nc4)cc23)CC1. The number of piperidine rings is 1. The maximum atomic E-state index is 13.1. The number of pyridine rings is 1. The number of carbonyl (C=O) groups excluding carboxylic acids is 1. The van der Waals surface area contributed by atoms with Crippen molar-refractivity contribution in [3.8, 4) is 17.2 Å². The summed E-state index contributed by atoms with van der Waals surface area (Å²) in [6, 6.07) is 7.94. The van der Waals surface area contributed by atoms with Gasteiger partial charge in [0.1, 0.15) is 6.07 Å². The smallest absolute Gasteiger partial charge is 0.232 e. The molecule has 7 heteroatoms. The van der Waals surface area contributed by atoms with Crippen LogP contribution >= 0.6 is 0 Å². The number of hydrogen-bond donors (Lipinski definition) is 1. The zero-order valence-corrected chi connectivity index (χ0v) is 18.2. The number of anilines is 1. The summed E-state index contributed by atoms with van der Waals surface area (Å²) in [4.78, 5) is 28.2. The Bertz CT molecular complexity index is 1190. The zero-order valence-electron chi connectivity index (χ0n) is 18.2. The zero-order chi connectivity index (χ0) is 22.1. The normalized spacial score (nSPS) is 17.2. The van der Waals surface area contributed by atoms with Crippen molar-refractivity contribution >= 4 is 22.4 Å². The minimum atomic E-state index is 0.133. The van der Waals surface area contributed by atoms with E-state index in [0.717, 1.165) is 73.0 Å². The molecule has 2 fully saturated rings. The van der Waals surface area contributed by atoms with Gasteiger partial charge in [-0.2, -0.15) is 5.26 Å². The molecule has 7 nitrogen and oxygen atoms in total. The van der Waals surface area contributed by atoms with E-state index in [1.807, 2.05) is 24.3 Å². The summed E-state index contributed by atoms with van der Waals surface area (Å²) in [5, 5.41) is 13.5. The van der Waals surface area contributed by atoms with Crippen molar-refractivity contribution < 1.29 is 4.79 Å². The molecular weight excluding hydrogens is 400 g/mol. The van der Waals surface area contributed by atoms with Crippen molar-refractivity contribution in [1.82, 2.24) is 19.9 Å². The molecule has 0 unspecified atom stereocenters. The predicted octanol–water partition coefficient (Wildman–Crippen LogP) is 3.91. The predicted molar refractivity (Wildman–Crippen MR) is 123 cm³/mol. The molecule has 1 N–H and O–H groups in total. The number of nitrogens with one attached hydrogen (secondary N) is 1. The molecule has 5 rings (SSSR count). The van der Waals surface area contributed by atoms with Gasteiger partial charge in [0, 0.05) is 42.0 Å². The summed E-state index contributed by atoms with van der Waals surface area (Å²) in [5.41, 5.74) is 4.19. The molecule has 1 aliphatic carbocycles. The number of nitrogens with zero attached hydrogens (tertiary/aromatic N) is 5. The first-order valence-electron chi connectivity index (χ1n) is 11.2. The lowest BCUT2D eigenvalue weighted by Crippen LogP contribution is -2.33. The lowest BCUT2D eigenvalue weighted by atomic mass is 9.96. The number of ketones is 1. The highest BCUT2D eigenvalue weighted by Crippen LogP contribution is 2.37. The topological polar surface area (TPSA) is 94.8 Å². The number of aromatic nitrogens is 3. The lowest BCUT2D eigenvalue weighted by Gasteiger charge is -2.29. The number of rotatable bonds is 6. The van der Waals surface area contributed by atoms with Gasteiger partial charge in [0.15, 0.2) is 5.78 Å². The Morgan fingerprint density at radius 3 is 2.53 bits per heavy atom. The van der Waals surface area contributed by atoms with Crippen molar-refractivity contribution in [3.05, 3.63) is 48.2 Å². The number of nitriles is 1. The summed E-state index contributed by atoms with van der Waals surface area (Å²) >= 11 is 0. The van der Waals surface area contributed by atoms with Gasteiger partial charge in [0.05, 0.1) is 16.8 Å². The molecule has 1 saturated heterocycles. The van der Waals surface area contributed by atoms with Crippen LogP contribution in [0, 0.1) is 23.2 Å². The molecule has 2 aliphatic rings. The molecular formula is C25H26N6O. The van der Waals surface area contributed by atoms with E-state index in [2.05, 4.69) is 32.2 Å². The molecule has 3 heterocycles. The monoisotopic (exact) mass is 426 g/mol. The van der Waals surface area contributed by atoms with E-state index in [0.29, 0.717) is 11.5 Å². The van der Waals surface area contributed by atoms with Crippen molar-refractivity contribution in [3.63, 3.8) is 0 Å². The van der Waals surface area contributed by atoms with E-state index >= 15 is 0 Å². The molecule has 3 aromatic rings. The number of benzene rings is 1. The fourth-order valence-electron chi connectivity index (χ4n) is 4.36. The second-order valence-corrected chi connectivity index (χ2v) is 8.95. The molecule has 1 aliphatic heterocycles. The standard InChI is InChI=1S/C25H26N6O/c1-31-8-6-16(7-9-31)12-30-24-20-10-18(19-13-28-23(11-26)29-14-19)4-5-22(20)27-15-21(24)25(32)17-2-3-17/h4-5,10,13-17H,2-3,6-9,12H2,1H3,(H,27,30). The minimum Gasteiger partial charge on any atom is -0.384 e. The van der Waals surface area contributed by atoms with Crippen LogP contribution in [0.4, 0.5) is 5.69 Å². The Balaban J connectivity index is 1.52. The van der Waals surface area contributed by atoms with E-state index in [9.17, 15) is 4.79 Å². The first-order chi connectivity index (χ1) is 15.6. The third-order valence-electron chi connectivity index (χ3n) is 6.57. The average molecular weight is 427 g/mol. The van der Waals surface area contributed by atoms with Gasteiger partial charge in [-0.05, 0) is 69.4 Å². The van der Waals surface area contributed by atoms with Crippen molar-refractivity contribution in [2.75, 3.05) is 32.0 Å². The van der Waals surface area contributed by atoms with E-state index in [1.165, 1.54) is 0 Å². The van der Waals surface area contributed by atoms with Crippen LogP contribution in [0.3, 0.4) is 0 Å². The summed E-state index contributed by atoms with van der Waals surface area (Å²) in [6.45, 7) is 3.07. The van der Waals surface area contributed by atoms with E-state index in [-0.39, 0.29) is 17.5 Å². The summed E-state index contributed by atoms with van der Waals surface area (Å²) in [7, 11) is 2.17. The number of fused-ring (bicyclic) bond motifs is 1. The van der Waals surface area contributed by atoms with Crippen LogP contribution in [0.5, 0.6) is 0 Å². The van der Waals surface area contributed by atoms with Crippen LogP contribution in [0.2, 0.25) is 0 Å². The third kappa shape index (κ3) is 4.19. The second kappa shape index (κ2) is 8.64. The Morgan fingerprint density at radius 2 is 1.84 bits per heavy atom. The van der Waals surface area contributed by atoms with Crippen LogP contribution in [0.25, 0.3) is 22.0 Å². The molecule has 2 aromatic heterocycles. The van der Waals surface area contributed by atoms with Crippen LogP contribution in [0.15, 0.2) is 36.8 Å². The maximum Gasteiger partial charge on any atom is 0.232 e. The van der Waals surface area contributed by atoms with Crippen molar-refractivity contribution in [1.29, 1.82) is 5.26 Å². The van der Waals surface area contributed by atoms with Gasteiger partial charge in [0.2, 0.25) is 5.82 Å². The maximum absolute atomic E-state index is 13.1. The molecule has 32 heavy (non-hydrogen) atoms.